The molecule has 4 unspecified atom stereocenters. The van der Waals surface area contributed by atoms with Crippen LogP contribution in [0.3, 0.4) is 0 Å². The van der Waals surface area contributed by atoms with Gasteiger partial charge in [0.2, 0.25) is 0 Å². The molecule has 0 fully saturated rings. The maximum Gasteiger partial charge on any atom is 0.111 e. The quantitative estimate of drug-likeness (QED) is 0.304. The Morgan fingerprint density at radius 3 is 2.06 bits per heavy atom. The highest BCUT2D eigenvalue weighted by Crippen LogP contribution is 2.05. The molecule has 16 heavy (non-hydrogen) atoms. The fraction of sp³-hybridized carbons (Fsp3) is 1.00. The lowest BCUT2D eigenvalue weighted by Gasteiger charge is -2.25. The Balaban J connectivity index is 3.83. The molecule has 5 N–H and O–H groups in total. The number of unbranched alkanes of at least 4 members (excludes halogenated alkanes) is 1. The second kappa shape index (κ2) is 8.86. The van der Waals surface area contributed by atoms with Gasteiger partial charge in [0.1, 0.15) is 24.4 Å². The Kier molecular flexibility index (Phi) is 8.73. The molecule has 4 atom stereocenters. The number of hydrogen-bond donors (Lipinski definition) is 5. The van der Waals surface area contributed by atoms with Gasteiger partial charge in [0.15, 0.2) is 0 Å². The number of rotatable bonds is 9. The van der Waals surface area contributed by atoms with Gasteiger partial charge in [-0.3, -0.25) is 0 Å². The van der Waals surface area contributed by atoms with Crippen LogP contribution in [-0.4, -0.2) is 69.8 Å². The Labute approximate surface area is 95.1 Å². The van der Waals surface area contributed by atoms with Crippen LogP contribution in [0.1, 0.15) is 19.8 Å². The molecule has 0 aromatic rings. The molecule has 0 radical (unpaired) electrons. The second-order valence-electron chi connectivity index (χ2n) is 3.73. The lowest BCUT2D eigenvalue weighted by molar-refractivity contribution is -0.129. The van der Waals surface area contributed by atoms with Crippen LogP contribution in [0.5, 0.6) is 0 Å². The van der Waals surface area contributed by atoms with Gasteiger partial charge < -0.3 is 30.3 Å². The molecule has 0 rings (SSSR count). The molecule has 0 saturated carbocycles. The SMILES string of the molecule is CCCCOCC(O)C(O)C(O)C(O)CO. The van der Waals surface area contributed by atoms with E-state index in [0.717, 1.165) is 12.8 Å². The van der Waals surface area contributed by atoms with E-state index in [4.69, 9.17) is 14.9 Å². The molecule has 0 aliphatic heterocycles. The lowest BCUT2D eigenvalue weighted by Crippen LogP contribution is -2.47. The summed E-state index contributed by atoms with van der Waals surface area (Å²) in [4.78, 5) is 0. The molecule has 98 valence electrons. The highest BCUT2D eigenvalue weighted by atomic mass is 16.5. The summed E-state index contributed by atoms with van der Waals surface area (Å²) in [7, 11) is 0. The Hall–Kier alpha value is -0.240. The van der Waals surface area contributed by atoms with E-state index in [9.17, 15) is 15.3 Å². The van der Waals surface area contributed by atoms with E-state index in [1.54, 1.807) is 0 Å². The standard InChI is InChI=1S/C10H22O6/c1-2-3-4-16-6-8(13)10(15)9(14)7(12)5-11/h7-15H,2-6H2,1H3. The topological polar surface area (TPSA) is 110 Å². The summed E-state index contributed by atoms with van der Waals surface area (Å²) >= 11 is 0. The molecule has 0 aromatic carbocycles. The van der Waals surface area contributed by atoms with Crippen molar-refractivity contribution in [1.29, 1.82) is 0 Å². The van der Waals surface area contributed by atoms with Crippen LogP contribution >= 0.6 is 0 Å². The summed E-state index contributed by atoms with van der Waals surface area (Å²) in [6.45, 7) is 1.67. The molecule has 0 bridgehead atoms. The normalized spacial score (nSPS) is 19.1. The molecule has 0 amide bonds. The second-order valence-corrected chi connectivity index (χ2v) is 3.73. The molecular weight excluding hydrogens is 216 g/mol. The van der Waals surface area contributed by atoms with Crippen molar-refractivity contribution in [3.63, 3.8) is 0 Å². The van der Waals surface area contributed by atoms with Crippen LogP contribution in [0, 0.1) is 0 Å². The summed E-state index contributed by atoms with van der Waals surface area (Å²) < 4.78 is 5.06. The highest BCUT2D eigenvalue weighted by Gasteiger charge is 2.29. The molecule has 0 aromatic heterocycles. The predicted molar refractivity (Wildman–Crippen MR) is 56.8 cm³/mol. The van der Waals surface area contributed by atoms with Gasteiger partial charge in [0.25, 0.3) is 0 Å². The van der Waals surface area contributed by atoms with E-state index in [1.165, 1.54) is 0 Å². The first-order valence-electron chi connectivity index (χ1n) is 5.45. The van der Waals surface area contributed by atoms with Crippen molar-refractivity contribution >= 4 is 0 Å². The maximum atomic E-state index is 9.40. The smallest absolute Gasteiger partial charge is 0.111 e. The summed E-state index contributed by atoms with van der Waals surface area (Å²) in [5.41, 5.74) is 0. The monoisotopic (exact) mass is 238 g/mol. The predicted octanol–water partition coefficient (Wildman–Crippen LogP) is -1.76. The summed E-state index contributed by atoms with van der Waals surface area (Å²) in [6, 6.07) is 0. The van der Waals surface area contributed by atoms with Crippen LogP contribution in [0.15, 0.2) is 0 Å². The number of aliphatic hydroxyl groups excluding tert-OH is 5. The Morgan fingerprint density at radius 1 is 1.00 bits per heavy atom. The minimum Gasteiger partial charge on any atom is -0.394 e. The van der Waals surface area contributed by atoms with Gasteiger partial charge in [-0.2, -0.15) is 0 Å². The van der Waals surface area contributed by atoms with Crippen LogP contribution in [0.2, 0.25) is 0 Å². The molecule has 0 spiro atoms. The van der Waals surface area contributed by atoms with Gasteiger partial charge in [0.05, 0.1) is 13.2 Å². The van der Waals surface area contributed by atoms with Gasteiger partial charge in [0, 0.05) is 6.61 Å². The van der Waals surface area contributed by atoms with E-state index in [-0.39, 0.29) is 6.61 Å². The average Bonchev–Trinajstić information content (AvgIpc) is 2.31. The molecule has 0 saturated heterocycles. The van der Waals surface area contributed by atoms with E-state index in [0.29, 0.717) is 6.61 Å². The zero-order valence-electron chi connectivity index (χ0n) is 9.49. The first-order chi connectivity index (χ1) is 7.54. The number of hydrogen-bond acceptors (Lipinski definition) is 6. The molecule has 6 nitrogen and oxygen atoms in total. The van der Waals surface area contributed by atoms with Gasteiger partial charge in [-0.15, -0.1) is 0 Å². The third-order valence-electron chi connectivity index (χ3n) is 2.26. The maximum absolute atomic E-state index is 9.40. The van der Waals surface area contributed by atoms with E-state index in [2.05, 4.69) is 0 Å². The highest BCUT2D eigenvalue weighted by molar-refractivity contribution is 4.80. The minimum absolute atomic E-state index is 0.115. The first-order valence-corrected chi connectivity index (χ1v) is 5.45. The lowest BCUT2D eigenvalue weighted by atomic mass is 10.0. The average molecular weight is 238 g/mol. The van der Waals surface area contributed by atoms with Crippen molar-refractivity contribution in [2.24, 2.45) is 0 Å². The molecule has 0 heterocycles. The number of aliphatic hydroxyl groups is 5. The zero-order chi connectivity index (χ0) is 12.6. The zero-order valence-corrected chi connectivity index (χ0v) is 9.49. The molecule has 0 aliphatic rings. The van der Waals surface area contributed by atoms with Crippen molar-refractivity contribution in [3.8, 4) is 0 Å². The summed E-state index contributed by atoms with van der Waals surface area (Å²) in [5.74, 6) is 0. The Bertz CT molecular complexity index is 165. The van der Waals surface area contributed by atoms with Crippen molar-refractivity contribution in [2.45, 2.75) is 44.2 Å². The Morgan fingerprint density at radius 2 is 1.56 bits per heavy atom. The van der Waals surface area contributed by atoms with Crippen molar-refractivity contribution in [2.75, 3.05) is 19.8 Å². The number of ether oxygens (including phenoxy) is 1. The molecular formula is C10H22O6. The van der Waals surface area contributed by atoms with Crippen molar-refractivity contribution < 1.29 is 30.3 Å². The van der Waals surface area contributed by atoms with Gasteiger partial charge >= 0.3 is 0 Å². The first kappa shape index (κ1) is 15.8. The van der Waals surface area contributed by atoms with Crippen LogP contribution in [-0.2, 0) is 4.74 Å². The fourth-order valence-electron chi connectivity index (χ4n) is 1.11. The third-order valence-corrected chi connectivity index (χ3v) is 2.26. The molecule has 0 aliphatic carbocycles. The fourth-order valence-corrected chi connectivity index (χ4v) is 1.11. The largest absolute Gasteiger partial charge is 0.394 e. The molecule has 6 heteroatoms. The van der Waals surface area contributed by atoms with E-state index < -0.39 is 31.0 Å². The van der Waals surface area contributed by atoms with Crippen molar-refractivity contribution in [1.82, 2.24) is 0 Å². The van der Waals surface area contributed by atoms with Crippen LogP contribution in [0.25, 0.3) is 0 Å². The van der Waals surface area contributed by atoms with Crippen LogP contribution < -0.4 is 0 Å². The third kappa shape index (κ3) is 5.74. The summed E-state index contributed by atoms with van der Waals surface area (Å²) in [5, 5.41) is 45.7. The van der Waals surface area contributed by atoms with Crippen molar-refractivity contribution in [3.05, 3.63) is 0 Å². The van der Waals surface area contributed by atoms with Gasteiger partial charge in [-0.05, 0) is 6.42 Å². The van der Waals surface area contributed by atoms with E-state index in [1.807, 2.05) is 6.92 Å². The van der Waals surface area contributed by atoms with Gasteiger partial charge in [-0.25, -0.2) is 0 Å². The summed E-state index contributed by atoms with van der Waals surface area (Å²) in [6.07, 6.45) is -4.07. The van der Waals surface area contributed by atoms with Crippen LogP contribution in [0.4, 0.5) is 0 Å². The minimum atomic E-state index is -1.59. The van der Waals surface area contributed by atoms with E-state index >= 15 is 0 Å². The van der Waals surface area contributed by atoms with Gasteiger partial charge in [-0.1, -0.05) is 13.3 Å².